The quantitative estimate of drug-likeness (QED) is 0.861. The van der Waals surface area contributed by atoms with Gasteiger partial charge in [0.2, 0.25) is 0 Å². The molecule has 0 fully saturated rings. The first kappa shape index (κ1) is 15.4. The van der Waals surface area contributed by atoms with Crippen molar-refractivity contribution in [2.75, 3.05) is 12.0 Å². The van der Waals surface area contributed by atoms with E-state index in [4.69, 9.17) is 5.11 Å². The number of amides is 1. The van der Waals surface area contributed by atoms with Crippen LogP contribution in [0.25, 0.3) is 10.8 Å². The Kier molecular flexibility index (Phi) is 5.22. The van der Waals surface area contributed by atoms with Crippen molar-refractivity contribution in [3.63, 3.8) is 0 Å². The number of carbonyl (C=O) groups excluding carboxylic acids is 1. The topological polar surface area (TPSA) is 66.4 Å². The maximum atomic E-state index is 12.2. The van der Waals surface area contributed by atoms with Gasteiger partial charge >= 0.3 is 5.97 Å². The first-order valence-electron chi connectivity index (χ1n) is 6.63. The number of fused-ring (bicyclic) bond motifs is 1. The Morgan fingerprint density at radius 3 is 2.57 bits per heavy atom. The Bertz CT molecular complexity index is 657. The standard InChI is InChI=1S/C16H17NO3S/c1-21-9-8-14(16(19)20)17-15(18)13-7-6-11-4-2-3-5-12(11)10-13/h2-7,10,14H,8-9H2,1H3,(H,17,18)(H,19,20)/t14-/m0/s1. The monoisotopic (exact) mass is 303 g/mol. The number of hydrogen-bond acceptors (Lipinski definition) is 3. The van der Waals surface area contributed by atoms with Crippen LogP contribution in [0, 0.1) is 0 Å². The van der Waals surface area contributed by atoms with Gasteiger partial charge in [0.25, 0.3) is 5.91 Å². The van der Waals surface area contributed by atoms with Gasteiger partial charge in [-0.25, -0.2) is 4.79 Å². The van der Waals surface area contributed by atoms with Gasteiger partial charge in [0.1, 0.15) is 6.04 Å². The molecule has 0 spiro atoms. The van der Waals surface area contributed by atoms with Crippen molar-refractivity contribution in [1.82, 2.24) is 5.32 Å². The van der Waals surface area contributed by atoms with Crippen molar-refractivity contribution in [1.29, 1.82) is 0 Å². The van der Waals surface area contributed by atoms with Crippen LogP contribution >= 0.6 is 11.8 Å². The van der Waals surface area contributed by atoms with E-state index in [-0.39, 0.29) is 5.91 Å². The summed E-state index contributed by atoms with van der Waals surface area (Å²) in [5, 5.41) is 13.7. The Balaban J connectivity index is 2.15. The van der Waals surface area contributed by atoms with Gasteiger partial charge in [0.05, 0.1) is 0 Å². The molecule has 4 nitrogen and oxygen atoms in total. The zero-order valence-corrected chi connectivity index (χ0v) is 12.5. The maximum absolute atomic E-state index is 12.2. The molecule has 0 aliphatic rings. The minimum absolute atomic E-state index is 0.353. The second-order valence-electron chi connectivity index (χ2n) is 4.71. The van der Waals surface area contributed by atoms with Crippen LogP contribution in [0.1, 0.15) is 16.8 Å². The first-order valence-corrected chi connectivity index (χ1v) is 8.02. The summed E-state index contributed by atoms with van der Waals surface area (Å²) in [5.74, 6) is -0.665. The third-order valence-corrected chi connectivity index (χ3v) is 3.87. The van der Waals surface area contributed by atoms with Crippen LogP contribution in [0.5, 0.6) is 0 Å². The van der Waals surface area contributed by atoms with Crippen LogP contribution in [0.15, 0.2) is 42.5 Å². The predicted molar refractivity (Wildman–Crippen MR) is 85.8 cm³/mol. The van der Waals surface area contributed by atoms with Crippen LogP contribution in [-0.2, 0) is 4.79 Å². The zero-order valence-electron chi connectivity index (χ0n) is 11.7. The van der Waals surface area contributed by atoms with Crippen molar-refractivity contribution in [3.05, 3.63) is 48.0 Å². The van der Waals surface area contributed by atoms with Crippen molar-refractivity contribution < 1.29 is 14.7 Å². The van der Waals surface area contributed by atoms with E-state index in [2.05, 4.69) is 5.32 Å². The second-order valence-corrected chi connectivity index (χ2v) is 5.69. The molecule has 21 heavy (non-hydrogen) atoms. The van der Waals surface area contributed by atoms with Gasteiger partial charge < -0.3 is 10.4 Å². The highest BCUT2D eigenvalue weighted by Crippen LogP contribution is 2.15. The molecule has 0 radical (unpaired) electrons. The van der Waals surface area contributed by atoms with E-state index in [1.54, 1.807) is 23.9 Å². The molecule has 0 saturated carbocycles. The number of rotatable bonds is 6. The van der Waals surface area contributed by atoms with E-state index < -0.39 is 12.0 Å². The summed E-state index contributed by atoms with van der Waals surface area (Å²) >= 11 is 1.56. The highest BCUT2D eigenvalue weighted by molar-refractivity contribution is 7.98. The van der Waals surface area contributed by atoms with E-state index in [0.29, 0.717) is 17.7 Å². The van der Waals surface area contributed by atoms with Crippen LogP contribution < -0.4 is 5.32 Å². The van der Waals surface area contributed by atoms with Gasteiger partial charge in [-0.3, -0.25) is 4.79 Å². The fraction of sp³-hybridized carbons (Fsp3) is 0.250. The van der Waals surface area contributed by atoms with E-state index in [1.165, 1.54) is 0 Å². The molecule has 2 N–H and O–H groups in total. The third-order valence-electron chi connectivity index (χ3n) is 3.23. The lowest BCUT2D eigenvalue weighted by Crippen LogP contribution is -2.41. The molecule has 0 aliphatic carbocycles. The van der Waals surface area contributed by atoms with Gasteiger partial charge in [-0.05, 0) is 41.3 Å². The molecule has 110 valence electrons. The first-order chi connectivity index (χ1) is 10.1. The molecular formula is C16H17NO3S. The zero-order chi connectivity index (χ0) is 15.2. The molecule has 0 aromatic heterocycles. The summed E-state index contributed by atoms with van der Waals surface area (Å²) in [6, 6.07) is 12.2. The van der Waals surface area contributed by atoms with Gasteiger partial charge in [0.15, 0.2) is 0 Å². The lowest BCUT2D eigenvalue weighted by Gasteiger charge is -2.14. The number of carboxylic acids is 1. The van der Waals surface area contributed by atoms with Crippen LogP contribution in [0.3, 0.4) is 0 Å². The summed E-state index contributed by atoms with van der Waals surface area (Å²) in [7, 11) is 0. The largest absolute Gasteiger partial charge is 0.480 e. The fourth-order valence-electron chi connectivity index (χ4n) is 2.07. The molecule has 2 aromatic rings. The predicted octanol–water partition coefficient (Wildman–Crippen LogP) is 2.78. The van der Waals surface area contributed by atoms with Crippen molar-refractivity contribution >= 4 is 34.4 Å². The Hall–Kier alpha value is -2.01. The molecule has 1 amide bonds. The molecule has 0 unspecified atom stereocenters. The number of carboxylic acid groups (broad SMARTS) is 1. The van der Waals surface area contributed by atoms with E-state index >= 15 is 0 Å². The van der Waals surface area contributed by atoms with E-state index in [9.17, 15) is 9.59 Å². The molecule has 5 heteroatoms. The number of nitrogens with one attached hydrogen (secondary N) is 1. The summed E-state index contributed by atoms with van der Waals surface area (Å²) < 4.78 is 0. The van der Waals surface area contributed by atoms with Gasteiger partial charge in [-0.2, -0.15) is 11.8 Å². The summed E-state index contributed by atoms with van der Waals surface area (Å²) in [6.07, 6.45) is 2.32. The Labute approximate surface area is 127 Å². The molecule has 1 atom stereocenters. The molecule has 2 aromatic carbocycles. The average molecular weight is 303 g/mol. The number of aliphatic carboxylic acids is 1. The third kappa shape index (κ3) is 3.98. The van der Waals surface area contributed by atoms with Gasteiger partial charge in [-0.1, -0.05) is 30.3 Å². The summed E-state index contributed by atoms with van der Waals surface area (Å²) in [6.45, 7) is 0. The summed E-state index contributed by atoms with van der Waals surface area (Å²) in [4.78, 5) is 23.3. The van der Waals surface area contributed by atoms with Crippen molar-refractivity contribution in [2.45, 2.75) is 12.5 Å². The number of benzene rings is 2. The smallest absolute Gasteiger partial charge is 0.326 e. The Morgan fingerprint density at radius 2 is 1.90 bits per heavy atom. The average Bonchev–Trinajstić information content (AvgIpc) is 2.50. The minimum atomic E-state index is -1.00. The highest BCUT2D eigenvalue weighted by atomic mass is 32.2. The van der Waals surface area contributed by atoms with E-state index in [1.807, 2.05) is 36.6 Å². The molecular weight excluding hydrogens is 286 g/mol. The molecule has 0 heterocycles. The molecule has 0 bridgehead atoms. The number of carbonyl (C=O) groups is 2. The Morgan fingerprint density at radius 1 is 1.19 bits per heavy atom. The normalized spacial score (nSPS) is 12.0. The lowest BCUT2D eigenvalue weighted by atomic mass is 10.1. The summed E-state index contributed by atoms with van der Waals surface area (Å²) in [5.41, 5.74) is 0.476. The van der Waals surface area contributed by atoms with Crippen molar-refractivity contribution in [2.24, 2.45) is 0 Å². The van der Waals surface area contributed by atoms with E-state index in [0.717, 1.165) is 10.8 Å². The lowest BCUT2D eigenvalue weighted by molar-refractivity contribution is -0.139. The molecule has 0 saturated heterocycles. The van der Waals surface area contributed by atoms with Crippen LogP contribution in [0.4, 0.5) is 0 Å². The molecule has 2 rings (SSSR count). The SMILES string of the molecule is CSCC[C@H](NC(=O)c1ccc2ccccc2c1)C(=O)O. The fourth-order valence-corrected chi connectivity index (χ4v) is 2.54. The minimum Gasteiger partial charge on any atom is -0.480 e. The van der Waals surface area contributed by atoms with Crippen LogP contribution in [-0.4, -0.2) is 35.0 Å². The second kappa shape index (κ2) is 7.13. The molecule has 0 aliphatic heterocycles. The van der Waals surface area contributed by atoms with Gasteiger partial charge in [0, 0.05) is 5.56 Å². The number of thioether (sulfide) groups is 1. The maximum Gasteiger partial charge on any atom is 0.326 e. The van der Waals surface area contributed by atoms with Crippen LogP contribution in [0.2, 0.25) is 0 Å². The van der Waals surface area contributed by atoms with Crippen molar-refractivity contribution in [3.8, 4) is 0 Å². The number of hydrogen-bond donors (Lipinski definition) is 2. The highest BCUT2D eigenvalue weighted by Gasteiger charge is 2.20. The van der Waals surface area contributed by atoms with Gasteiger partial charge in [-0.15, -0.1) is 0 Å².